The van der Waals surface area contributed by atoms with Crippen LogP contribution in [0.1, 0.15) is 20.3 Å². The second-order valence-corrected chi connectivity index (χ2v) is 4.57. The van der Waals surface area contributed by atoms with E-state index in [0.717, 1.165) is 0 Å². The molecule has 1 rings (SSSR count). The maximum Gasteiger partial charge on any atom is 0.318 e. The molecule has 1 aromatic rings. The third-order valence-corrected chi connectivity index (χ3v) is 2.99. The van der Waals surface area contributed by atoms with Gasteiger partial charge < -0.3 is 20.1 Å². The number of rotatable bonds is 6. The maximum absolute atomic E-state index is 12.1. The molecule has 0 heterocycles. The van der Waals surface area contributed by atoms with Gasteiger partial charge >= 0.3 is 5.97 Å². The van der Waals surface area contributed by atoms with Crippen molar-refractivity contribution in [2.45, 2.75) is 20.3 Å². The third-order valence-electron chi connectivity index (χ3n) is 2.99. The number of benzene rings is 1. The number of carbonyl (C=O) groups excluding carboxylic acids is 3. The van der Waals surface area contributed by atoms with Gasteiger partial charge in [0, 0.05) is 12.6 Å². The number of nitrogens with one attached hydrogen (secondary N) is 2. The Morgan fingerprint density at radius 2 is 1.86 bits per heavy atom. The Balaban J connectivity index is 2.95. The fourth-order valence-electron chi connectivity index (χ4n) is 1.90. The lowest BCUT2D eigenvalue weighted by Crippen LogP contribution is -2.30. The summed E-state index contributed by atoms with van der Waals surface area (Å²) in [5.74, 6) is -1.73. The van der Waals surface area contributed by atoms with Crippen LogP contribution in [-0.4, -0.2) is 32.0 Å². The standard InChI is InChI=1S/C15H20N2O5/c1-5-11(15(20)22-4)14(19)17-10-6-7-13(21-3)12(8-10)16-9(2)18/h6-8,11H,5H2,1-4H3,(H,16,18)(H,17,19)/t11-/m0/s1. The number of methoxy groups -OCH3 is 2. The number of amides is 2. The first-order valence-corrected chi connectivity index (χ1v) is 6.77. The average molecular weight is 308 g/mol. The Hall–Kier alpha value is -2.57. The largest absolute Gasteiger partial charge is 0.495 e. The summed E-state index contributed by atoms with van der Waals surface area (Å²) in [7, 11) is 2.71. The number of esters is 1. The Kier molecular flexibility index (Phi) is 6.37. The predicted molar refractivity (Wildman–Crippen MR) is 81.7 cm³/mol. The maximum atomic E-state index is 12.1. The Morgan fingerprint density at radius 1 is 1.18 bits per heavy atom. The van der Waals surface area contributed by atoms with Gasteiger partial charge in [0.25, 0.3) is 0 Å². The van der Waals surface area contributed by atoms with Crippen LogP contribution in [-0.2, 0) is 19.1 Å². The Morgan fingerprint density at radius 3 is 2.36 bits per heavy atom. The zero-order valence-electron chi connectivity index (χ0n) is 13.1. The molecule has 0 saturated carbocycles. The van der Waals surface area contributed by atoms with Crippen molar-refractivity contribution in [3.63, 3.8) is 0 Å². The number of hydrogen-bond acceptors (Lipinski definition) is 5. The minimum Gasteiger partial charge on any atom is -0.495 e. The van der Waals surface area contributed by atoms with Crippen molar-refractivity contribution in [2.24, 2.45) is 5.92 Å². The molecule has 120 valence electrons. The second kappa shape index (κ2) is 8.02. The first-order valence-electron chi connectivity index (χ1n) is 6.77. The minimum atomic E-state index is -0.878. The van der Waals surface area contributed by atoms with Crippen LogP contribution in [0.25, 0.3) is 0 Å². The quantitative estimate of drug-likeness (QED) is 0.617. The van der Waals surface area contributed by atoms with E-state index >= 15 is 0 Å². The van der Waals surface area contributed by atoms with Gasteiger partial charge in [-0.05, 0) is 24.6 Å². The Bertz CT molecular complexity index is 571. The molecule has 0 spiro atoms. The lowest BCUT2D eigenvalue weighted by atomic mass is 10.1. The molecular formula is C15H20N2O5. The number of carbonyl (C=O) groups is 3. The topological polar surface area (TPSA) is 93.7 Å². The van der Waals surface area contributed by atoms with E-state index in [2.05, 4.69) is 15.4 Å². The highest BCUT2D eigenvalue weighted by molar-refractivity contribution is 6.05. The molecule has 0 aromatic heterocycles. The molecule has 2 amide bonds. The van der Waals surface area contributed by atoms with E-state index in [0.29, 0.717) is 23.5 Å². The van der Waals surface area contributed by atoms with Gasteiger partial charge in [-0.2, -0.15) is 0 Å². The summed E-state index contributed by atoms with van der Waals surface area (Å²) in [5, 5.41) is 5.23. The van der Waals surface area contributed by atoms with Crippen LogP contribution in [0.15, 0.2) is 18.2 Å². The lowest BCUT2D eigenvalue weighted by Gasteiger charge is -2.15. The molecule has 0 aliphatic heterocycles. The summed E-state index contributed by atoms with van der Waals surface area (Å²) < 4.78 is 9.73. The molecule has 0 unspecified atom stereocenters. The van der Waals surface area contributed by atoms with Crippen LogP contribution in [0.2, 0.25) is 0 Å². The van der Waals surface area contributed by atoms with Gasteiger partial charge in [0.1, 0.15) is 11.7 Å². The van der Waals surface area contributed by atoms with Crippen LogP contribution < -0.4 is 15.4 Å². The highest BCUT2D eigenvalue weighted by atomic mass is 16.5. The van der Waals surface area contributed by atoms with Gasteiger partial charge in [-0.25, -0.2) is 0 Å². The summed E-state index contributed by atoms with van der Waals surface area (Å²) >= 11 is 0. The average Bonchev–Trinajstić information content (AvgIpc) is 2.47. The first kappa shape index (κ1) is 17.5. The predicted octanol–water partition coefficient (Wildman–Crippen LogP) is 1.79. The first-order chi connectivity index (χ1) is 10.4. The van der Waals surface area contributed by atoms with E-state index in [1.54, 1.807) is 25.1 Å². The van der Waals surface area contributed by atoms with Gasteiger partial charge in [-0.3, -0.25) is 14.4 Å². The fraction of sp³-hybridized carbons (Fsp3) is 0.400. The monoisotopic (exact) mass is 308 g/mol. The van der Waals surface area contributed by atoms with Gasteiger partial charge in [0.15, 0.2) is 0 Å². The smallest absolute Gasteiger partial charge is 0.318 e. The van der Waals surface area contributed by atoms with E-state index < -0.39 is 17.8 Å². The van der Waals surface area contributed by atoms with E-state index in [-0.39, 0.29) is 5.91 Å². The van der Waals surface area contributed by atoms with Crippen molar-refractivity contribution in [3.8, 4) is 5.75 Å². The highest BCUT2D eigenvalue weighted by Crippen LogP contribution is 2.28. The molecular weight excluding hydrogens is 288 g/mol. The van der Waals surface area contributed by atoms with Crippen LogP contribution in [0.5, 0.6) is 5.75 Å². The molecule has 0 radical (unpaired) electrons. The number of anilines is 2. The summed E-state index contributed by atoms with van der Waals surface area (Å²) in [6.45, 7) is 3.09. The summed E-state index contributed by atoms with van der Waals surface area (Å²) in [4.78, 5) is 34.8. The second-order valence-electron chi connectivity index (χ2n) is 4.57. The molecule has 1 aromatic carbocycles. The van der Waals surface area contributed by atoms with Crippen molar-refractivity contribution in [1.82, 2.24) is 0 Å². The van der Waals surface area contributed by atoms with Crippen molar-refractivity contribution in [3.05, 3.63) is 18.2 Å². The van der Waals surface area contributed by atoms with Crippen LogP contribution in [0.4, 0.5) is 11.4 Å². The van der Waals surface area contributed by atoms with Gasteiger partial charge in [-0.15, -0.1) is 0 Å². The molecule has 7 heteroatoms. The van der Waals surface area contributed by atoms with Crippen molar-refractivity contribution >= 4 is 29.2 Å². The van der Waals surface area contributed by atoms with Gasteiger partial charge in [0.05, 0.1) is 19.9 Å². The minimum absolute atomic E-state index is 0.261. The van der Waals surface area contributed by atoms with Crippen LogP contribution in [0, 0.1) is 5.92 Å². The summed E-state index contributed by atoms with van der Waals surface area (Å²) in [5.41, 5.74) is 0.871. The molecule has 1 atom stereocenters. The normalized spacial score (nSPS) is 11.3. The van der Waals surface area contributed by atoms with Crippen LogP contribution in [0.3, 0.4) is 0 Å². The van der Waals surface area contributed by atoms with E-state index in [4.69, 9.17) is 4.74 Å². The molecule has 0 fully saturated rings. The molecule has 0 bridgehead atoms. The Labute approximate surface area is 129 Å². The summed E-state index contributed by atoms with van der Waals surface area (Å²) in [6.07, 6.45) is 0.327. The van der Waals surface area contributed by atoms with E-state index in [9.17, 15) is 14.4 Å². The highest BCUT2D eigenvalue weighted by Gasteiger charge is 2.25. The number of hydrogen-bond donors (Lipinski definition) is 2. The molecule has 0 aliphatic carbocycles. The van der Waals surface area contributed by atoms with E-state index in [1.165, 1.54) is 21.1 Å². The van der Waals surface area contributed by atoms with Crippen molar-refractivity contribution < 1.29 is 23.9 Å². The van der Waals surface area contributed by atoms with Crippen molar-refractivity contribution in [2.75, 3.05) is 24.9 Å². The molecule has 2 N–H and O–H groups in total. The SMILES string of the molecule is CC[C@@H](C(=O)Nc1ccc(OC)c(NC(C)=O)c1)C(=O)OC. The number of ether oxygens (including phenoxy) is 2. The molecule has 22 heavy (non-hydrogen) atoms. The zero-order valence-corrected chi connectivity index (χ0v) is 13.1. The van der Waals surface area contributed by atoms with Crippen molar-refractivity contribution in [1.29, 1.82) is 0 Å². The fourth-order valence-corrected chi connectivity index (χ4v) is 1.90. The van der Waals surface area contributed by atoms with Gasteiger partial charge in [-0.1, -0.05) is 6.92 Å². The molecule has 7 nitrogen and oxygen atoms in total. The molecule has 0 aliphatic rings. The molecule has 0 saturated heterocycles. The summed E-state index contributed by atoms with van der Waals surface area (Å²) in [6, 6.07) is 4.79. The zero-order chi connectivity index (χ0) is 16.7. The lowest BCUT2D eigenvalue weighted by molar-refractivity contribution is -0.148. The third kappa shape index (κ3) is 4.47. The van der Waals surface area contributed by atoms with Gasteiger partial charge in [0.2, 0.25) is 11.8 Å². The van der Waals surface area contributed by atoms with Crippen LogP contribution >= 0.6 is 0 Å². The van der Waals surface area contributed by atoms with E-state index in [1.807, 2.05) is 0 Å².